The Morgan fingerprint density at radius 3 is 2.76 bits per heavy atom. The van der Waals surface area contributed by atoms with Gasteiger partial charge in [0.1, 0.15) is 11.8 Å². The van der Waals surface area contributed by atoms with Crippen molar-refractivity contribution in [3.8, 4) is 11.5 Å². The molecule has 7 nitrogen and oxygen atoms in total. The summed E-state index contributed by atoms with van der Waals surface area (Å²) >= 11 is 0. The average molecular weight is 341 g/mol. The molecule has 0 saturated carbocycles. The number of amides is 1. The Balaban J connectivity index is 1.79. The molecule has 3 rings (SSSR count). The highest BCUT2D eigenvalue weighted by molar-refractivity contribution is 5.97. The average Bonchev–Trinajstić information content (AvgIpc) is 3.35. The monoisotopic (exact) mass is 341 g/mol. The molecule has 3 aromatic rings. The Kier molecular flexibility index (Phi) is 5.03. The van der Waals surface area contributed by atoms with E-state index in [9.17, 15) is 4.79 Å². The number of furan rings is 1. The second-order valence-corrected chi connectivity index (χ2v) is 5.27. The first-order chi connectivity index (χ1) is 12.2. The fourth-order valence-electron chi connectivity index (χ4n) is 2.62. The highest BCUT2D eigenvalue weighted by Crippen LogP contribution is 2.30. The van der Waals surface area contributed by atoms with Crippen molar-refractivity contribution in [2.24, 2.45) is 0 Å². The fraction of sp³-hybridized carbons (Fsp3) is 0.222. The number of ether oxygens (including phenoxy) is 2. The van der Waals surface area contributed by atoms with Crippen LogP contribution in [-0.2, 0) is 0 Å². The van der Waals surface area contributed by atoms with Gasteiger partial charge in [-0.2, -0.15) is 5.10 Å². The highest BCUT2D eigenvalue weighted by Gasteiger charge is 2.21. The largest absolute Gasteiger partial charge is 0.493 e. The van der Waals surface area contributed by atoms with Crippen LogP contribution in [0.1, 0.15) is 22.2 Å². The Hall–Kier alpha value is -3.22. The van der Waals surface area contributed by atoms with Crippen LogP contribution in [0, 0.1) is 0 Å². The molecule has 0 fully saturated rings. The minimum Gasteiger partial charge on any atom is -0.493 e. The molecule has 0 aliphatic rings. The van der Waals surface area contributed by atoms with Crippen molar-refractivity contribution >= 4 is 5.91 Å². The number of nitrogens with one attached hydrogen (secondary N) is 1. The summed E-state index contributed by atoms with van der Waals surface area (Å²) in [6.45, 7) is 0.314. The van der Waals surface area contributed by atoms with E-state index >= 15 is 0 Å². The van der Waals surface area contributed by atoms with Crippen LogP contribution in [0.5, 0.6) is 11.5 Å². The smallest absolute Gasteiger partial charge is 0.255 e. The number of hydrogen-bond donors (Lipinski definition) is 1. The summed E-state index contributed by atoms with van der Waals surface area (Å²) in [6.07, 6.45) is 5.10. The third kappa shape index (κ3) is 3.50. The molecular formula is C18H19N3O4. The van der Waals surface area contributed by atoms with E-state index in [0.29, 0.717) is 29.4 Å². The van der Waals surface area contributed by atoms with E-state index in [1.165, 1.54) is 14.2 Å². The van der Waals surface area contributed by atoms with Crippen molar-refractivity contribution in [1.29, 1.82) is 0 Å². The van der Waals surface area contributed by atoms with Gasteiger partial charge in [0, 0.05) is 18.9 Å². The van der Waals surface area contributed by atoms with Gasteiger partial charge < -0.3 is 19.2 Å². The molecule has 0 aliphatic heterocycles. The van der Waals surface area contributed by atoms with Gasteiger partial charge in [-0.15, -0.1) is 0 Å². The van der Waals surface area contributed by atoms with E-state index in [2.05, 4.69) is 10.4 Å². The van der Waals surface area contributed by atoms with Crippen LogP contribution in [0.25, 0.3) is 0 Å². The molecule has 0 spiro atoms. The number of carbonyl (C=O) groups excluding carboxylic acids is 1. The van der Waals surface area contributed by atoms with Crippen LogP contribution in [0.15, 0.2) is 59.5 Å². The number of methoxy groups -OCH3 is 2. The van der Waals surface area contributed by atoms with Gasteiger partial charge in [-0.1, -0.05) is 6.07 Å². The lowest BCUT2D eigenvalue weighted by Gasteiger charge is -2.17. The molecule has 1 amide bonds. The molecule has 0 bridgehead atoms. The number of aromatic nitrogens is 2. The Morgan fingerprint density at radius 2 is 2.12 bits per heavy atom. The summed E-state index contributed by atoms with van der Waals surface area (Å²) in [5.74, 6) is 1.35. The van der Waals surface area contributed by atoms with Crippen molar-refractivity contribution in [3.05, 3.63) is 66.4 Å². The lowest BCUT2D eigenvalue weighted by Crippen LogP contribution is -2.31. The van der Waals surface area contributed by atoms with Gasteiger partial charge in [-0.05, 0) is 30.3 Å². The maximum absolute atomic E-state index is 12.6. The van der Waals surface area contributed by atoms with Crippen LogP contribution in [0.4, 0.5) is 0 Å². The van der Waals surface area contributed by atoms with Gasteiger partial charge in [0.25, 0.3) is 5.91 Å². The number of rotatable bonds is 7. The SMILES string of the molecule is COc1cccc(C(=O)NCC(c2ccco2)n2cccn2)c1OC. The highest BCUT2D eigenvalue weighted by atomic mass is 16.5. The minimum atomic E-state index is -0.264. The minimum absolute atomic E-state index is 0.245. The van der Waals surface area contributed by atoms with Gasteiger partial charge in [0.05, 0.1) is 26.0 Å². The predicted molar refractivity (Wildman–Crippen MR) is 91.0 cm³/mol. The van der Waals surface area contributed by atoms with E-state index in [-0.39, 0.29) is 11.9 Å². The molecule has 1 atom stereocenters. The number of para-hydroxylation sites is 1. The molecule has 0 radical (unpaired) electrons. The molecule has 0 aliphatic carbocycles. The third-order valence-corrected chi connectivity index (χ3v) is 3.82. The van der Waals surface area contributed by atoms with Crippen LogP contribution < -0.4 is 14.8 Å². The summed E-state index contributed by atoms with van der Waals surface area (Å²) in [7, 11) is 3.04. The molecular weight excluding hydrogens is 322 g/mol. The second kappa shape index (κ2) is 7.57. The number of carbonyl (C=O) groups is 1. The van der Waals surface area contributed by atoms with Crippen LogP contribution in [-0.4, -0.2) is 36.5 Å². The van der Waals surface area contributed by atoms with Crippen LogP contribution in [0.3, 0.4) is 0 Å². The summed E-state index contributed by atoms with van der Waals surface area (Å²) in [5.41, 5.74) is 0.403. The first kappa shape index (κ1) is 16.6. The Bertz CT molecular complexity index is 779. The molecule has 7 heteroatoms. The van der Waals surface area contributed by atoms with E-state index in [0.717, 1.165) is 0 Å². The van der Waals surface area contributed by atoms with Gasteiger partial charge in [-0.3, -0.25) is 9.48 Å². The molecule has 0 saturated heterocycles. The molecule has 2 heterocycles. The van der Waals surface area contributed by atoms with Crippen molar-refractivity contribution in [1.82, 2.24) is 15.1 Å². The zero-order chi connectivity index (χ0) is 17.6. The van der Waals surface area contributed by atoms with Crippen LogP contribution in [0.2, 0.25) is 0 Å². The van der Waals surface area contributed by atoms with E-state index in [1.807, 2.05) is 18.3 Å². The van der Waals surface area contributed by atoms with E-state index in [1.54, 1.807) is 41.4 Å². The zero-order valence-electron chi connectivity index (χ0n) is 14.0. The Morgan fingerprint density at radius 1 is 1.24 bits per heavy atom. The van der Waals surface area contributed by atoms with Gasteiger partial charge >= 0.3 is 0 Å². The molecule has 1 aromatic carbocycles. The number of nitrogens with zero attached hydrogens (tertiary/aromatic N) is 2. The molecule has 2 aromatic heterocycles. The molecule has 130 valence electrons. The van der Waals surface area contributed by atoms with Gasteiger partial charge in [0.15, 0.2) is 11.5 Å². The molecule has 1 N–H and O–H groups in total. The standard InChI is InChI=1S/C18H19N3O4/c1-23-16-7-3-6-13(17(16)24-2)18(22)19-12-14(15-8-4-11-25-15)21-10-5-9-20-21/h3-11,14H,12H2,1-2H3,(H,19,22). The van der Waals surface area contributed by atoms with Crippen molar-refractivity contribution in [3.63, 3.8) is 0 Å². The van der Waals surface area contributed by atoms with Gasteiger partial charge in [0.2, 0.25) is 0 Å². The van der Waals surface area contributed by atoms with E-state index < -0.39 is 0 Å². The lowest BCUT2D eigenvalue weighted by atomic mass is 10.1. The fourth-order valence-corrected chi connectivity index (χ4v) is 2.62. The van der Waals surface area contributed by atoms with Crippen molar-refractivity contribution < 1.29 is 18.7 Å². The summed E-state index contributed by atoms with van der Waals surface area (Å²) in [4.78, 5) is 12.6. The summed E-state index contributed by atoms with van der Waals surface area (Å²) in [6, 6.07) is 10.4. The van der Waals surface area contributed by atoms with Crippen molar-refractivity contribution in [2.75, 3.05) is 20.8 Å². The van der Waals surface area contributed by atoms with E-state index in [4.69, 9.17) is 13.9 Å². The third-order valence-electron chi connectivity index (χ3n) is 3.82. The Labute approximate surface area is 145 Å². The molecule has 1 unspecified atom stereocenters. The zero-order valence-corrected chi connectivity index (χ0v) is 14.0. The quantitative estimate of drug-likeness (QED) is 0.714. The molecule has 25 heavy (non-hydrogen) atoms. The maximum Gasteiger partial charge on any atom is 0.255 e. The maximum atomic E-state index is 12.6. The number of hydrogen-bond acceptors (Lipinski definition) is 5. The lowest BCUT2D eigenvalue weighted by molar-refractivity contribution is 0.0944. The topological polar surface area (TPSA) is 78.5 Å². The summed E-state index contributed by atoms with van der Waals surface area (Å²) in [5, 5.41) is 7.15. The van der Waals surface area contributed by atoms with Gasteiger partial charge in [-0.25, -0.2) is 0 Å². The predicted octanol–water partition coefficient (Wildman–Crippen LogP) is 2.51. The first-order valence-corrected chi connectivity index (χ1v) is 7.76. The normalized spacial score (nSPS) is 11.8. The first-order valence-electron chi connectivity index (χ1n) is 7.76. The summed E-state index contributed by atoms with van der Waals surface area (Å²) < 4.78 is 17.8. The van der Waals surface area contributed by atoms with Crippen molar-refractivity contribution in [2.45, 2.75) is 6.04 Å². The second-order valence-electron chi connectivity index (χ2n) is 5.27. The number of benzene rings is 1. The van der Waals surface area contributed by atoms with Crippen LogP contribution >= 0.6 is 0 Å².